The Balaban J connectivity index is 1.87. The molecule has 0 aliphatic heterocycles. The van der Waals surface area contributed by atoms with Gasteiger partial charge in [0.1, 0.15) is 29.7 Å². The summed E-state index contributed by atoms with van der Waals surface area (Å²) in [7, 11) is 1.81. The molecule has 0 saturated carbocycles. The number of fused-ring (bicyclic) bond motifs is 1. The predicted octanol–water partition coefficient (Wildman–Crippen LogP) is 2.85. The fourth-order valence-electron chi connectivity index (χ4n) is 2.70. The maximum atomic E-state index is 6.01. The van der Waals surface area contributed by atoms with Crippen LogP contribution in [0, 0.1) is 0 Å². The molecule has 0 radical (unpaired) electrons. The van der Waals surface area contributed by atoms with Gasteiger partial charge in [-0.15, -0.1) is 0 Å². The van der Waals surface area contributed by atoms with E-state index in [1.807, 2.05) is 54.2 Å². The largest absolute Gasteiger partial charge is 0.241 e. The van der Waals surface area contributed by atoms with E-state index in [1.165, 1.54) is 6.33 Å². The lowest BCUT2D eigenvalue weighted by Crippen LogP contribution is -2.12. The molecule has 7 heteroatoms. The third-order valence-electron chi connectivity index (χ3n) is 3.71. The maximum Gasteiger partial charge on any atom is 0.137 e. The molecule has 114 valence electrons. The summed E-state index contributed by atoms with van der Waals surface area (Å²) < 4.78 is 1.82. The summed E-state index contributed by atoms with van der Waals surface area (Å²) in [4.78, 5) is 5.64. The normalized spacial score (nSPS) is 12.6. The number of aryl methyl sites for hydroxylation is 1. The van der Waals surface area contributed by atoms with Crippen molar-refractivity contribution in [2.75, 3.05) is 0 Å². The molecular formula is C16H13ClN6. The van der Waals surface area contributed by atoms with E-state index < -0.39 is 0 Å². The first-order valence-corrected chi connectivity index (χ1v) is 7.49. The molecule has 0 spiro atoms. The van der Waals surface area contributed by atoms with Gasteiger partial charge in [0, 0.05) is 12.1 Å². The van der Waals surface area contributed by atoms with Gasteiger partial charge in [-0.25, -0.2) is 9.67 Å². The Bertz CT molecular complexity index is 943. The topological polar surface area (TPSA) is 61.4 Å². The summed E-state index contributed by atoms with van der Waals surface area (Å²) in [6.45, 7) is 0. The van der Waals surface area contributed by atoms with Crippen LogP contribution in [0.15, 0.2) is 55.1 Å². The number of hydrogen-bond acceptors (Lipinski definition) is 4. The first kappa shape index (κ1) is 13.9. The fourth-order valence-corrected chi connectivity index (χ4v) is 2.83. The van der Waals surface area contributed by atoms with Crippen LogP contribution in [0.1, 0.15) is 17.2 Å². The van der Waals surface area contributed by atoms with E-state index in [1.54, 1.807) is 11.1 Å². The summed E-state index contributed by atoms with van der Waals surface area (Å²) in [6, 6.07) is 13.7. The van der Waals surface area contributed by atoms with Crippen LogP contribution >= 0.6 is 11.6 Å². The fraction of sp³-hybridized carbons (Fsp3) is 0.125. The standard InChI is InChI=1S/C16H13ClN6/c1-22-20-14-7-4-12(8-15(14)21-22)16(23-10-18-9-19-23)11-2-5-13(17)6-3-11/h2-10,16H,1H3/t16-/m0/s1/i1-1. The Hall–Kier alpha value is -2.73. The highest BCUT2D eigenvalue weighted by atomic mass is 35.5. The second-order valence-corrected chi connectivity index (χ2v) is 5.70. The van der Waals surface area contributed by atoms with Gasteiger partial charge in [0.05, 0.1) is 0 Å². The van der Waals surface area contributed by atoms with Gasteiger partial charge in [-0.05, 0) is 35.4 Å². The minimum atomic E-state index is -0.0961. The third-order valence-corrected chi connectivity index (χ3v) is 3.96. The van der Waals surface area contributed by atoms with Gasteiger partial charge in [0.15, 0.2) is 0 Å². The van der Waals surface area contributed by atoms with E-state index in [-0.39, 0.29) is 6.04 Å². The molecule has 6 nitrogen and oxygen atoms in total. The number of benzene rings is 2. The van der Waals surface area contributed by atoms with Crippen molar-refractivity contribution in [3.63, 3.8) is 0 Å². The third kappa shape index (κ3) is 2.57. The molecular weight excluding hydrogens is 311 g/mol. The van der Waals surface area contributed by atoms with Gasteiger partial charge in [0.25, 0.3) is 0 Å². The van der Waals surface area contributed by atoms with Gasteiger partial charge in [-0.2, -0.15) is 20.1 Å². The van der Waals surface area contributed by atoms with Crippen LogP contribution in [0.4, 0.5) is 0 Å². The molecule has 0 fully saturated rings. The van der Waals surface area contributed by atoms with Crippen molar-refractivity contribution in [3.05, 3.63) is 71.3 Å². The number of hydrogen-bond donors (Lipinski definition) is 0. The Morgan fingerprint density at radius 1 is 0.957 bits per heavy atom. The average molecular weight is 324 g/mol. The Morgan fingerprint density at radius 3 is 2.43 bits per heavy atom. The van der Waals surface area contributed by atoms with Gasteiger partial charge >= 0.3 is 0 Å². The van der Waals surface area contributed by atoms with Crippen LogP contribution in [0.25, 0.3) is 11.0 Å². The Kier molecular flexibility index (Phi) is 3.31. The van der Waals surface area contributed by atoms with E-state index in [9.17, 15) is 0 Å². The summed E-state index contributed by atoms with van der Waals surface area (Å²) in [5, 5.41) is 13.7. The summed E-state index contributed by atoms with van der Waals surface area (Å²) in [6.07, 6.45) is 3.24. The lowest BCUT2D eigenvalue weighted by molar-refractivity contribution is 0.594. The van der Waals surface area contributed by atoms with Crippen molar-refractivity contribution in [1.29, 1.82) is 0 Å². The molecule has 4 rings (SSSR count). The number of aromatic nitrogens is 6. The molecule has 1 atom stereocenters. The maximum absolute atomic E-state index is 6.01. The smallest absolute Gasteiger partial charge is 0.137 e. The molecule has 0 aliphatic carbocycles. The van der Waals surface area contributed by atoms with E-state index in [0.29, 0.717) is 5.02 Å². The highest BCUT2D eigenvalue weighted by Crippen LogP contribution is 2.28. The molecule has 0 aliphatic rings. The SMILES string of the molecule is [11CH3]n1nc2ccc([C@H](c3ccc(Cl)cc3)n3cncn3)cc2n1. The minimum absolute atomic E-state index is 0.0961. The van der Waals surface area contributed by atoms with Crippen LogP contribution in [0.3, 0.4) is 0 Å². The molecule has 2 heterocycles. The van der Waals surface area contributed by atoms with Gasteiger partial charge in [-0.3, -0.25) is 0 Å². The zero-order valence-corrected chi connectivity index (χ0v) is 13.1. The van der Waals surface area contributed by atoms with E-state index in [2.05, 4.69) is 20.3 Å². The van der Waals surface area contributed by atoms with E-state index in [4.69, 9.17) is 11.6 Å². The molecule has 0 unspecified atom stereocenters. The first-order valence-electron chi connectivity index (χ1n) is 7.11. The van der Waals surface area contributed by atoms with Crippen molar-refractivity contribution in [2.24, 2.45) is 7.05 Å². The van der Waals surface area contributed by atoms with Crippen LogP contribution in [0.5, 0.6) is 0 Å². The predicted molar refractivity (Wildman–Crippen MR) is 87.2 cm³/mol. The van der Waals surface area contributed by atoms with E-state index in [0.717, 1.165) is 22.2 Å². The lowest BCUT2D eigenvalue weighted by Gasteiger charge is -2.18. The molecule has 0 saturated heterocycles. The molecule has 2 aromatic carbocycles. The van der Waals surface area contributed by atoms with Crippen LogP contribution in [-0.2, 0) is 7.05 Å². The monoisotopic (exact) mass is 323 g/mol. The van der Waals surface area contributed by atoms with Crippen molar-refractivity contribution < 1.29 is 0 Å². The van der Waals surface area contributed by atoms with Crippen LogP contribution in [-0.4, -0.2) is 29.8 Å². The first-order chi connectivity index (χ1) is 11.2. The zero-order valence-electron chi connectivity index (χ0n) is 12.3. The summed E-state index contributed by atoms with van der Waals surface area (Å²) in [5.41, 5.74) is 3.85. The quantitative estimate of drug-likeness (QED) is 0.581. The van der Waals surface area contributed by atoms with Gasteiger partial charge in [-0.1, -0.05) is 29.8 Å². The van der Waals surface area contributed by atoms with E-state index >= 15 is 0 Å². The highest BCUT2D eigenvalue weighted by molar-refractivity contribution is 6.30. The Labute approximate surface area is 137 Å². The second-order valence-electron chi connectivity index (χ2n) is 5.27. The summed E-state index contributed by atoms with van der Waals surface area (Å²) >= 11 is 6.01. The van der Waals surface area contributed by atoms with Crippen LogP contribution in [0.2, 0.25) is 5.02 Å². The summed E-state index contributed by atoms with van der Waals surface area (Å²) in [5.74, 6) is 0. The number of rotatable bonds is 3. The van der Waals surface area contributed by atoms with Crippen molar-refractivity contribution >= 4 is 22.6 Å². The zero-order chi connectivity index (χ0) is 15.8. The van der Waals surface area contributed by atoms with Crippen molar-refractivity contribution in [1.82, 2.24) is 29.8 Å². The molecule has 23 heavy (non-hydrogen) atoms. The molecule has 0 amide bonds. The van der Waals surface area contributed by atoms with Crippen LogP contribution < -0.4 is 0 Å². The number of nitrogens with zero attached hydrogens (tertiary/aromatic N) is 6. The van der Waals surface area contributed by atoms with Crippen molar-refractivity contribution in [2.45, 2.75) is 6.04 Å². The average Bonchev–Trinajstić information content (AvgIpc) is 3.18. The number of halogens is 1. The Morgan fingerprint density at radius 2 is 1.70 bits per heavy atom. The molecule has 0 N–H and O–H groups in total. The molecule has 0 bridgehead atoms. The van der Waals surface area contributed by atoms with Gasteiger partial charge in [0.2, 0.25) is 0 Å². The molecule has 4 aromatic rings. The lowest BCUT2D eigenvalue weighted by atomic mass is 9.98. The highest BCUT2D eigenvalue weighted by Gasteiger charge is 2.18. The molecule has 2 aromatic heterocycles. The minimum Gasteiger partial charge on any atom is -0.241 e. The second kappa shape index (κ2) is 5.48. The van der Waals surface area contributed by atoms with Gasteiger partial charge < -0.3 is 0 Å². The van der Waals surface area contributed by atoms with Crippen molar-refractivity contribution in [3.8, 4) is 0 Å².